The molecule has 152 valence electrons. The van der Waals surface area contributed by atoms with Crippen LogP contribution >= 0.6 is 15.9 Å². The van der Waals surface area contributed by atoms with Crippen LogP contribution < -0.4 is 5.32 Å². The molecule has 5 atom stereocenters. The van der Waals surface area contributed by atoms with E-state index in [-0.39, 0.29) is 21.6 Å². The number of aliphatic hydroxyl groups is 1. The highest BCUT2D eigenvalue weighted by molar-refractivity contribution is 9.10. The zero-order valence-corrected chi connectivity index (χ0v) is 17.3. The maximum Gasteiger partial charge on any atom is 0.407 e. The Kier molecular flexibility index (Phi) is 5.99. The van der Waals surface area contributed by atoms with E-state index in [9.17, 15) is 23.1 Å². The molecule has 2 aliphatic rings. The summed E-state index contributed by atoms with van der Waals surface area (Å²) >= 11 is 3.64. The van der Waals surface area contributed by atoms with Crippen LogP contribution in [0.5, 0.6) is 0 Å². The van der Waals surface area contributed by atoms with E-state index in [1.807, 2.05) is 13.8 Å². The Morgan fingerprint density at radius 3 is 2.42 bits per heavy atom. The van der Waals surface area contributed by atoms with Gasteiger partial charge in [-0.3, -0.25) is 0 Å². The number of halogens is 4. The molecule has 2 saturated carbocycles. The molecule has 0 aliphatic heterocycles. The maximum absolute atomic E-state index is 12.4. The summed E-state index contributed by atoms with van der Waals surface area (Å²) in [7, 11) is 0. The Morgan fingerprint density at radius 1 is 1.27 bits per heavy atom. The maximum atomic E-state index is 12.4. The largest absolute Gasteiger partial charge is 0.445 e. The van der Waals surface area contributed by atoms with Gasteiger partial charge in [0, 0.05) is 16.2 Å². The Hall–Kier alpha value is -0.500. The monoisotopic (exact) mass is 443 g/mol. The van der Waals surface area contributed by atoms with Gasteiger partial charge in [0.25, 0.3) is 0 Å². The van der Waals surface area contributed by atoms with Crippen molar-refractivity contribution in [1.29, 1.82) is 0 Å². The fraction of sp³-hybridized carbons (Fsp3) is 0.944. The molecule has 0 aromatic carbocycles. The van der Waals surface area contributed by atoms with Crippen molar-refractivity contribution in [3.05, 3.63) is 0 Å². The van der Waals surface area contributed by atoms with Crippen molar-refractivity contribution in [3.63, 3.8) is 0 Å². The number of fused-ring (bicyclic) bond motifs is 1. The number of alkyl halides is 4. The van der Waals surface area contributed by atoms with Crippen molar-refractivity contribution in [1.82, 2.24) is 5.32 Å². The van der Waals surface area contributed by atoms with Gasteiger partial charge < -0.3 is 15.2 Å². The molecule has 2 aliphatic carbocycles. The standard InChI is InChI=1S/C18H29BrF3NO3/c1-15(2,19)11-6-9-16(3)7-5-8-17(4,25)13(16)12(11)26-14(24)23-10-18(20,21)22/h11-13,25H,5-10H2,1-4H3,(H,23,24)/t11-,12+,13-,16-,17-/m1/s1. The van der Waals surface area contributed by atoms with E-state index in [1.54, 1.807) is 12.2 Å². The molecular weight excluding hydrogens is 415 g/mol. The first-order valence-electron chi connectivity index (χ1n) is 9.08. The van der Waals surface area contributed by atoms with Crippen LogP contribution in [0.4, 0.5) is 18.0 Å². The molecular formula is C18H29BrF3NO3. The van der Waals surface area contributed by atoms with Gasteiger partial charge in [0.15, 0.2) is 0 Å². The molecule has 2 rings (SSSR count). The lowest BCUT2D eigenvalue weighted by molar-refractivity contribution is -0.183. The van der Waals surface area contributed by atoms with Crippen LogP contribution in [0.1, 0.15) is 59.8 Å². The molecule has 8 heteroatoms. The van der Waals surface area contributed by atoms with Crippen LogP contribution in [-0.4, -0.2) is 40.0 Å². The minimum atomic E-state index is -4.50. The average Bonchev–Trinajstić information content (AvgIpc) is 2.41. The number of rotatable bonds is 3. The summed E-state index contributed by atoms with van der Waals surface area (Å²) in [5.74, 6) is -0.433. The molecule has 2 N–H and O–H groups in total. The molecule has 4 nitrogen and oxygen atoms in total. The van der Waals surface area contributed by atoms with Crippen molar-refractivity contribution in [3.8, 4) is 0 Å². The van der Waals surface area contributed by atoms with E-state index >= 15 is 0 Å². The second kappa shape index (κ2) is 7.15. The molecule has 0 heterocycles. The predicted molar refractivity (Wildman–Crippen MR) is 96.1 cm³/mol. The zero-order chi connectivity index (χ0) is 20.0. The van der Waals surface area contributed by atoms with Crippen LogP contribution in [0.2, 0.25) is 0 Å². The van der Waals surface area contributed by atoms with Crippen LogP contribution in [0.15, 0.2) is 0 Å². The normalized spacial score (nSPS) is 38.4. The fourth-order valence-corrected chi connectivity index (χ4v) is 5.54. The van der Waals surface area contributed by atoms with Gasteiger partial charge in [-0.05, 0) is 51.9 Å². The Bertz CT molecular complexity index is 533. The summed E-state index contributed by atoms with van der Waals surface area (Å²) in [6, 6.07) is 0. The van der Waals surface area contributed by atoms with Crippen LogP contribution in [0, 0.1) is 17.3 Å². The summed E-state index contributed by atoms with van der Waals surface area (Å²) in [4.78, 5) is 12.1. The smallest absolute Gasteiger partial charge is 0.407 e. The highest BCUT2D eigenvalue weighted by Crippen LogP contribution is 2.58. The van der Waals surface area contributed by atoms with Gasteiger partial charge in [0.05, 0.1) is 5.60 Å². The van der Waals surface area contributed by atoms with Gasteiger partial charge in [-0.15, -0.1) is 0 Å². The number of carbonyl (C=O) groups excluding carboxylic acids is 1. The lowest BCUT2D eigenvalue weighted by Crippen LogP contribution is -2.61. The molecule has 26 heavy (non-hydrogen) atoms. The Morgan fingerprint density at radius 2 is 1.88 bits per heavy atom. The van der Waals surface area contributed by atoms with E-state index in [0.717, 1.165) is 25.7 Å². The molecule has 0 bridgehead atoms. The Labute approximate surface area is 161 Å². The lowest BCUT2D eigenvalue weighted by atomic mass is 9.51. The number of ether oxygens (including phenoxy) is 1. The molecule has 1 amide bonds. The molecule has 0 unspecified atom stereocenters. The van der Waals surface area contributed by atoms with Gasteiger partial charge in [0.2, 0.25) is 0 Å². The first kappa shape index (κ1) is 21.8. The summed E-state index contributed by atoms with van der Waals surface area (Å²) in [6.45, 7) is 6.33. The summed E-state index contributed by atoms with van der Waals surface area (Å²) in [5, 5.41) is 12.8. The number of alkyl carbamates (subject to hydrolysis) is 1. The van der Waals surface area contributed by atoms with Crippen molar-refractivity contribution < 1.29 is 27.8 Å². The second-order valence-electron chi connectivity index (χ2n) is 8.89. The van der Waals surface area contributed by atoms with Crippen molar-refractivity contribution in [2.45, 2.75) is 82.0 Å². The number of hydrogen-bond donors (Lipinski definition) is 2. The van der Waals surface area contributed by atoms with E-state index < -0.39 is 30.5 Å². The molecule has 0 radical (unpaired) electrons. The number of hydrogen-bond acceptors (Lipinski definition) is 3. The Balaban J connectivity index is 2.28. The van der Waals surface area contributed by atoms with Gasteiger partial charge in [-0.2, -0.15) is 13.2 Å². The van der Waals surface area contributed by atoms with Crippen LogP contribution in [0.3, 0.4) is 0 Å². The minimum absolute atomic E-state index is 0.109. The quantitative estimate of drug-likeness (QED) is 0.616. The van der Waals surface area contributed by atoms with Gasteiger partial charge >= 0.3 is 12.3 Å². The predicted octanol–water partition coefficient (Wildman–Crippen LogP) is 4.78. The molecule has 0 saturated heterocycles. The van der Waals surface area contributed by atoms with Crippen LogP contribution in [-0.2, 0) is 4.74 Å². The minimum Gasteiger partial charge on any atom is -0.445 e. The molecule has 0 aromatic heterocycles. The van der Waals surface area contributed by atoms with E-state index in [0.29, 0.717) is 6.42 Å². The lowest BCUT2D eigenvalue weighted by Gasteiger charge is -2.58. The number of nitrogens with one attached hydrogen (secondary N) is 1. The zero-order valence-electron chi connectivity index (χ0n) is 15.8. The SMILES string of the molecule is CC(C)(Br)[C@@H]1CC[C@@]2(C)CCC[C@@](C)(O)[C@@H]2[C@H]1OC(=O)NCC(F)(F)F. The number of carbonyl (C=O) groups is 1. The fourth-order valence-electron chi connectivity index (χ4n) is 5.05. The van der Waals surface area contributed by atoms with Gasteiger partial charge in [-0.25, -0.2) is 4.79 Å². The van der Waals surface area contributed by atoms with Crippen molar-refractivity contribution in [2.24, 2.45) is 17.3 Å². The molecule has 0 aromatic rings. The summed E-state index contributed by atoms with van der Waals surface area (Å²) in [5.41, 5.74) is -1.23. The van der Waals surface area contributed by atoms with E-state index in [4.69, 9.17) is 4.74 Å². The molecule has 0 spiro atoms. The highest BCUT2D eigenvalue weighted by Gasteiger charge is 2.59. The van der Waals surface area contributed by atoms with E-state index in [1.165, 1.54) is 0 Å². The van der Waals surface area contributed by atoms with Crippen molar-refractivity contribution >= 4 is 22.0 Å². The topological polar surface area (TPSA) is 58.6 Å². The first-order chi connectivity index (χ1) is 11.7. The first-order valence-corrected chi connectivity index (χ1v) is 9.88. The van der Waals surface area contributed by atoms with Gasteiger partial charge in [0.1, 0.15) is 12.6 Å². The van der Waals surface area contributed by atoms with Crippen LogP contribution in [0.25, 0.3) is 0 Å². The van der Waals surface area contributed by atoms with Gasteiger partial charge in [-0.1, -0.05) is 29.3 Å². The highest BCUT2D eigenvalue weighted by atomic mass is 79.9. The summed E-state index contributed by atoms with van der Waals surface area (Å²) < 4.78 is 42.4. The van der Waals surface area contributed by atoms with E-state index in [2.05, 4.69) is 22.9 Å². The number of amides is 1. The third-order valence-electron chi connectivity index (χ3n) is 6.16. The average molecular weight is 444 g/mol. The summed E-state index contributed by atoms with van der Waals surface area (Å²) in [6.07, 6.45) is -2.19. The third kappa shape index (κ3) is 4.86. The molecule has 2 fully saturated rings. The third-order valence-corrected chi connectivity index (χ3v) is 6.75. The second-order valence-corrected chi connectivity index (χ2v) is 10.9. The van der Waals surface area contributed by atoms with Crippen molar-refractivity contribution in [2.75, 3.05) is 6.54 Å².